The predicted molar refractivity (Wildman–Crippen MR) is 65.3 cm³/mol. The molecule has 1 aromatic rings. The predicted octanol–water partition coefficient (Wildman–Crippen LogP) is 2.79. The first-order valence-corrected chi connectivity index (χ1v) is 5.14. The lowest BCUT2D eigenvalue weighted by Crippen LogP contribution is -2.04. The first-order valence-electron chi connectivity index (χ1n) is 5.14. The minimum absolute atomic E-state index is 0.351. The molecule has 86 valence electrons. The Hall–Kier alpha value is -1.77. The van der Waals surface area contributed by atoms with E-state index in [-0.39, 0.29) is 5.97 Å². The second-order valence-corrected chi connectivity index (χ2v) is 3.74. The zero-order valence-electron chi connectivity index (χ0n) is 10.1. The fourth-order valence-electron chi connectivity index (χ4n) is 1.48. The van der Waals surface area contributed by atoms with Crippen LogP contribution in [0.4, 0.5) is 5.69 Å². The van der Waals surface area contributed by atoms with Crippen LogP contribution < -0.4 is 5.32 Å². The summed E-state index contributed by atoms with van der Waals surface area (Å²) in [6, 6.07) is 6.07. The number of allylic oxidation sites excluding steroid dienone is 1. The van der Waals surface area contributed by atoms with Crippen molar-refractivity contribution < 1.29 is 9.53 Å². The van der Waals surface area contributed by atoms with E-state index in [1.165, 1.54) is 13.2 Å². The third-order valence-corrected chi connectivity index (χ3v) is 2.34. The molecule has 0 amide bonds. The summed E-state index contributed by atoms with van der Waals surface area (Å²) in [4.78, 5) is 11.0. The van der Waals surface area contributed by atoms with Crippen LogP contribution in [-0.4, -0.2) is 13.1 Å². The van der Waals surface area contributed by atoms with Gasteiger partial charge >= 0.3 is 5.97 Å². The van der Waals surface area contributed by atoms with Crippen LogP contribution in [-0.2, 0) is 9.53 Å². The van der Waals surface area contributed by atoms with Crippen LogP contribution in [0, 0.1) is 13.8 Å². The van der Waals surface area contributed by atoms with Gasteiger partial charge in [0.2, 0.25) is 0 Å². The summed E-state index contributed by atoms with van der Waals surface area (Å²) in [5.74, 6) is -0.351. The summed E-state index contributed by atoms with van der Waals surface area (Å²) in [7, 11) is 1.37. The summed E-state index contributed by atoms with van der Waals surface area (Å²) in [5, 5.41) is 3.20. The van der Waals surface area contributed by atoms with Gasteiger partial charge in [0.15, 0.2) is 0 Å². The lowest BCUT2D eigenvalue weighted by atomic mass is 10.1. The van der Waals surface area contributed by atoms with E-state index in [4.69, 9.17) is 0 Å². The van der Waals surface area contributed by atoms with Gasteiger partial charge in [-0.3, -0.25) is 0 Å². The standard InChI is InChI=1S/C13H17NO2/c1-9-6-5-7-10(2)13(9)14-11(3)8-12(15)16-4/h5-8,14H,1-4H3/b11-8+. The summed E-state index contributed by atoms with van der Waals surface area (Å²) >= 11 is 0. The van der Waals surface area contributed by atoms with E-state index in [0.717, 1.165) is 22.5 Å². The van der Waals surface area contributed by atoms with Crippen LogP contribution in [0.5, 0.6) is 0 Å². The maximum Gasteiger partial charge on any atom is 0.332 e. The lowest BCUT2D eigenvalue weighted by molar-refractivity contribution is -0.134. The zero-order chi connectivity index (χ0) is 12.1. The minimum Gasteiger partial charge on any atom is -0.466 e. The Labute approximate surface area is 96.1 Å². The average molecular weight is 219 g/mol. The summed E-state index contributed by atoms with van der Waals surface area (Å²) < 4.78 is 4.56. The largest absolute Gasteiger partial charge is 0.466 e. The number of rotatable bonds is 3. The number of anilines is 1. The molecule has 1 rings (SSSR count). The molecule has 0 aliphatic rings. The van der Waals surface area contributed by atoms with Crippen molar-refractivity contribution in [2.24, 2.45) is 0 Å². The monoisotopic (exact) mass is 219 g/mol. The molecule has 0 radical (unpaired) electrons. The van der Waals surface area contributed by atoms with Gasteiger partial charge in [0.25, 0.3) is 0 Å². The number of methoxy groups -OCH3 is 1. The summed E-state index contributed by atoms with van der Waals surface area (Å²) in [6.07, 6.45) is 1.44. The number of hydrogen-bond donors (Lipinski definition) is 1. The Balaban J connectivity index is 2.89. The van der Waals surface area contributed by atoms with E-state index in [1.807, 2.05) is 39.0 Å². The van der Waals surface area contributed by atoms with E-state index < -0.39 is 0 Å². The van der Waals surface area contributed by atoms with E-state index in [1.54, 1.807) is 0 Å². The van der Waals surface area contributed by atoms with Crippen molar-refractivity contribution in [3.63, 3.8) is 0 Å². The first kappa shape index (κ1) is 12.3. The number of carbonyl (C=O) groups excluding carboxylic acids is 1. The first-order chi connectivity index (χ1) is 7.54. The normalized spacial score (nSPS) is 11.1. The van der Waals surface area contributed by atoms with E-state index in [9.17, 15) is 4.79 Å². The summed E-state index contributed by atoms with van der Waals surface area (Å²) in [5.41, 5.74) is 4.11. The summed E-state index contributed by atoms with van der Waals surface area (Å²) in [6.45, 7) is 5.89. The fourth-order valence-corrected chi connectivity index (χ4v) is 1.48. The number of carbonyl (C=O) groups is 1. The SMILES string of the molecule is COC(=O)/C=C(\C)Nc1c(C)cccc1C. The average Bonchev–Trinajstić information content (AvgIpc) is 2.23. The minimum atomic E-state index is -0.351. The van der Waals surface area contributed by atoms with Gasteiger partial charge in [-0.1, -0.05) is 18.2 Å². The van der Waals surface area contributed by atoms with Gasteiger partial charge in [-0.05, 0) is 31.9 Å². The van der Waals surface area contributed by atoms with Gasteiger partial charge in [0, 0.05) is 17.5 Å². The van der Waals surface area contributed by atoms with Gasteiger partial charge in [0.05, 0.1) is 7.11 Å². The number of ether oxygens (including phenoxy) is 1. The van der Waals surface area contributed by atoms with Crippen molar-refractivity contribution in [1.82, 2.24) is 0 Å². The molecule has 0 unspecified atom stereocenters. The van der Waals surface area contributed by atoms with Crippen molar-refractivity contribution >= 4 is 11.7 Å². The molecule has 1 aromatic carbocycles. The smallest absolute Gasteiger partial charge is 0.332 e. The van der Waals surface area contributed by atoms with Crippen LogP contribution in [0.2, 0.25) is 0 Å². The molecular weight excluding hydrogens is 202 g/mol. The maximum atomic E-state index is 11.0. The third-order valence-electron chi connectivity index (χ3n) is 2.34. The Morgan fingerprint density at radius 3 is 2.38 bits per heavy atom. The van der Waals surface area contributed by atoms with Gasteiger partial charge < -0.3 is 10.1 Å². The Kier molecular flexibility index (Phi) is 4.11. The molecule has 16 heavy (non-hydrogen) atoms. The molecule has 0 aromatic heterocycles. The molecule has 0 atom stereocenters. The molecule has 0 saturated heterocycles. The van der Waals surface area contributed by atoms with Gasteiger partial charge in [0.1, 0.15) is 0 Å². The molecular formula is C13H17NO2. The van der Waals surface area contributed by atoms with Crippen LogP contribution in [0.3, 0.4) is 0 Å². The maximum absolute atomic E-state index is 11.0. The highest BCUT2D eigenvalue weighted by Gasteiger charge is 2.03. The van der Waals surface area contributed by atoms with E-state index >= 15 is 0 Å². The van der Waals surface area contributed by atoms with Gasteiger partial charge in [-0.2, -0.15) is 0 Å². The number of aryl methyl sites for hydroxylation is 2. The molecule has 3 heteroatoms. The zero-order valence-corrected chi connectivity index (χ0v) is 10.1. The highest BCUT2D eigenvalue weighted by molar-refractivity contribution is 5.83. The molecule has 0 spiro atoms. The Morgan fingerprint density at radius 2 is 1.88 bits per heavy atom. The third kappa shape index (κ3) is 3.12. The number of nitrogens with one attached hydrogen (secondary N) is 1. The van der Waals surface area contributed by atoms with Crippen LogP contribution in [0.15, 0.2) is 30.0 Å². The fraction of sp³-hybridized carbons (Fsp3) is 0.308. The molecule has 0 aliphatic carbocycles. The Morgan fingerprint density at radius 1 is 1.31 bits per heavy atom. The highest BCUT2D eigenvalue weighted by atomic mass is 16.5. The van der Waals surface area contributed by atoms with Crippen molar-refractivity contribution in [3.05, 3.63) is 41.1 Å². The van der Waals surface area contributed by atoms with Gasteiger partial charge in [-0.15, -0.1) is 0 Å². The quantitative estimate of drug-likeness (QED) is 0.627. The second kappa shape index (κ2) is 5.35. The van der Waals surface area contributed by atoms with Crippen LogP contribution in [0.1, 0.15) is 18.1 Å². The molecule has 1 N–H and O–H groups in total. The van der Waals surface area contributed by atoms with Crippen molar-refractivity contribution in [2.75, 3.05) is 12.4 Å². The molecule has 0 bridgehead atoms. The van der Waals surface area contributed by atoms with Crippen LogP contribution in [0.25, 0.3) is 0 Å². The van der Waals surface area contributed by atoms with Crippen molar-refractivity contribution in [1.29, 1.82) is 0 Å². The second-order valence-electron chi connectivity index (χ2n) is 3.74. The number of para-hydroxylation sites is 1. The van der Waals surface area contributed by atoms with E-state index in [0.29, 0.717) is 0 Å². The highest BCUT2D eigenvalue weighted by Crippen LogP contribution is 2.20. The molecule has 0 fully saturated rings. The molecule has 3 nitrogen and oxygen atoms in total. The van der Waals surface area contributed by atoms with Gasteiger partial charge in [-0.25, -0.2) is 4.79 Å². The van der Waals surface area contributed by atoms with E-state index in [2.05, 4.69) is 10.1 Å². The lowest BCUT2D eigenvalue weighted by Gasteiger charge is -2.12. The van der Waals surface area contributed by atoms with Crippen LogP contribution >= 0.6 is 0 Å². The molecule has 0 aliphatic heterocycles. The molecule has 0 saturated carbocycles. The number of esters is 1. The van der Waals surface area contributed by atoms with Crippen molar-refractivity contribution in [3.8, 4) is 0 Å². The topological polar surface area (TPSA) is 38.3 Å². The number of hydrogen-bond acceptors (Lipinski definition) is 3. The van der Waals surface area contributed by atoms with Crippen molar-refractivity contribution in [2.45, 2.75) is 20.8 Å². The number of benzene rings is 1. The Bertz CT molecular complexity index is 402. The molecule has 0 heterocycles.